The Kier molecular flexibility index (Phi) is 5.05. The fourth-order valence-corrected chi connectivity index (χ4v) is 1.45. The van der Waals surface area contributed by atoms with E-state index < -0.39 is 11.8 Å². The number of carbonyl (C=O) groups excluding carboxylic acids is 1. The van der Waals surface area contributed by atoms with Gasteiger partial charge in [-0.15, -0.1) is 0 Å². The van der Waals surface area contributed by atoms with Crippen molar-refractivity contribution in [3.8, 4) is 0 Å². The largest absolute Gasteiger partial charge is 0.478 e. The molecule has 0 radical (unpaired) electrons. The summed E-state index contributed by atoms with van der Waals surface area (Å²) in [6.45, 7) is 1.88. The topological polar surface area (TPSA) is 66.4 Å². The molecule has 0 aliphatic rings. The first kappa shape index (κ1) is 13.9. The lowest BCUT2D eigenvalue weighted by molar-refractivity contribution is -0.118. The van der Waals surface area contributed by atoms with Gasteiger partial charge in [0, 0.05) is 13.5 Å². The smallest absolute Gasteiger partial charge is 0.339 e. The van der Waals surface area contributed by atoms with Crippen molar-refractivity contribution < 1.29 is 19.1 Å². The second-order valence-corrected chi connectivity index (χ2v) is 3.68. The molecule has 96 valence electrons. The lowest BCUT2D eigenvalue weighted by Crippen LogP contribution is -2.20. The number of rotatable bonds is 5. The van der Waals surface area contributed by atoms with Gasteiger partial charge in [-0.2, -0.15) is 0 Å². The molecule has 0 atom stereocenters. The number of nitrogens with one attached hydrogen (secondary N) is 1. The normalized spacial score (nSPS) is 10.6. The van der Waals surface area contributed by atoms with Gasteiger partial charge >= 0.3 is 5.97 Å². The zero-order valence-electron chi connectivity index (χ0n) is 9.94. The zero-order chi connectivity index (χ0) is 13.5. The SMILES string of the molecule is CC(=O)NCCC=Cc1cccc(F)c1C(=O)O. The summed E-state index contributed by atoms with van der Waals surface area (Å²) in [6.07, 6.45) is 3.78. The minimum absolute atomic E-state index is 0.125. The predicted molar refractivity (Wildman–Crippen MR) is 65.7 cm³/mol. The van der Waals surface area contributed by atoms with Gasteiger partial charge in [0.05, 0.1) is 0 Å². The molecule has 2 N–H and O–H groups in total. The van der Waals surface area contributed by atoms with Crippen LogP contribution < -0.4 is 5.32 Å². The van der Waals surface area contributed by atoms with Gasteiger partial charge in [-0.1, -0.05) is 24.3 Å². The molecule has 0 saturated heterocycles. The highest BCUT2D eigenvalue weighted by molar-refractivity contribution is 5.92. The van der Waals surface area contributed by atoms with Crippen molar-refractivity contribution >= 4 is 18.0 Å². The monoisotopic (exact) mass is 251 g/mol. The number of amides is 1. The van der Waals surface area contributed by atoms with Crippen LogP contribution in [0.15, 0.2) is 24.3 Å². The number of carboxylic acid groups (broad SMARTS) is 1. The summed E-state index contributed by atoms with van der Waals surface area (Å²) >= 11 is 0. The van der Waals surface area contributed by atoms with E-state index in [1.54, 1.807) is 6.08 Å². The molecular weight excluding hydrogens is 237 g/mol. The standard InChI is InChI=1S/C13H14FNO3/c1-9(16)15-8-3-2-5-10-6-4-7-11(14)12(10)13(17)18/h2,4-7H,3,8H2,1H3,(H,15,16)(H,17,18). The van der Waals surface area contributed by atoms with Gasteiger partial charge in [0.15, 0.2) is 0 Å². The lowest BCUT2D eigenvalue weighted by Gasteiger charge is -2.02. The Labute approximate surface area is 104 Å². The van der Waals surface area contributed by atoms with Crippen LogP contribution in [0, 0.1) is 5.82 Å². The van der Waals surface area contributed by atoms with Crippen molar-refractivity contribution in [1.82, 2.24) is 5.32 Å². The van der Waals surface area contributed by atoms with Crippen molar-refractivity contribution in [2.24, 2.45) is 0 Å². The molecule has 0 aliphatic heterocycles. The highest BCUT2D eigenvalue weighted by Gasteiger charge is 2.13. The van der Waals surface area contributed by atoms with Gasteiger partial charge in [0.1, 0.15) is 11.4 Å². The van der Waals surface area contributed by atoms with Crippen LogP contribution in [0.25, 0.3) is 6.08 Å². The maximum atomic E-state index is 13.3. The summed E-state index contributed by atoms with van der Waals surface area (Å²) < 4.78 is 13.3. The molecule has 0 saturated carbocycles. The van der Waals surface area contributed by atoms with E-state index in [0.29, 0.717) is 18.5 Å². The first-order chi connectivity index (χ1) is 8.52. The van der Waals surface area contributed by atoms with E-state index in [1.165, 1.54) is 25.1 Å². The van der Waals surface area contributed by atoms with E-state index in [0.717, 1.165) is 6.07 Å². The summed E-state index contributed by atoms with van der Waals surface area (Å²) in [5.41, 5.74) is -0.0291. The predicted octanol–water partition coefficient (Wildman–Crippen LogP) is 2.06. The Morgan fingerprint density at radius 2 is 2.17 bits per heavy atom. The van der Waals surface area contributed by atoms with E-state index in [1.807, 2.05) is 0 Å². The first-order valence-corrected chi connectivity index (χ1v) is 5.45. The number of carbonyl (C=O) groups is 2. The first-order valence-electron chi connectivity index (χ1n) is 5.45. The van der Waals surface area contributed by atoms with Crippen LogP contribution >= 0.6 is 0 Å². The van der Waals surface area contributed by atoms with E-state index >= 15 is 0 Å². The Balaban J connectivity index is 2.72. The maximum absolute atomic E-state index is 13.3. The minimum atomic E-state index is -1.30. The molecule has 0 heterocycles. The number of halogens is 1. The summed E-state index contributed by atoms with van der Waals surface area (Å²) in [5.74, 6) is -2.18. The summed E-state index contributed by atoms with van der Waals surface area (Å²) in [5, 5.41) is 11.5. The van der Waals surface area contributed by atoms with Gasteiger partial charge < -0.3 is 10.4 Å². The molecule has 0 bridgehead atoms. The molecule has 1 amide bonds. The van der Waals surface area contributed by atoms with Crippen molar-refractivity contribution in [2.45, 2.75) is 13.3 Å². The van der Waals surface area contributed by atoms with Crippen LogP contribution in [0.4, 0.5) is 4.39 Å². The third-order valence-electron chi connectivity index (χ3n) is 2.24. The van der Waals surface area contributed by atoms with Crippen LogP contribution in [0.2, 0.25) is 0 Å². The molecule has 0 fully saturated rings. The van der Waals surface area contributed by atoms with Crippen LogP contribution in [0.5, 0.6) is 0 Å². The third kappa shape index (κ3) is 4.01. The van der Waals surface area contributed by atoms with Crippen LogP contribution in [-0.4, -0.2) is 23.5 Å². The Hall–Kier alpha value is -2.17. The van der Waals surface area contributed by atoms with E-state index in [4.69, 9.17) is 5.11 Å². The number of carboxylic acids is 1. The fourth-order valence-electron chi connectivity index (χ4n) is 1.45. The fraction of sp³-hybridized carbons (Fsp3) is 0.231. The molecule has 1 aromatic carbocycles. The highest BCUT2D eigenvalue weighted by atomic mass is 19.1. The van der Waals surface area contributed by atoms with Gasteiger partial charge in [-0.25, -0.2) is 9.18 Å². The molecule has 1 rings (SSSR count). The van der Waals surface area contributed by atoms with E-state index in [2.05, 4.69) is 5.32 Å². The van der Waals surface area contributed by atoms with Crippen molar-refractivity contribution in [3.05, 3.63) is 41.2 Å². The average molecular weight is 251 g/mol. The number of aromatic carboxylic acids is 1. The molecule has 4 nitrogen and oxygen atoms in total. The van der Waals surface area contributed by atoms with Gasteiger partial charge in [-0.05, 0) is 18.1 Å². The minimum Gasteiger partial charge on any atom is -0.478 e. The molecule has 0 aliphatic carbocycles. The van der Waals surface area contributed by atoms with Crippen LogP contribution in [0.1, 0.15) is 29.3 Å². The molecule has 5 heteroatoms. The molecule has 0 aromatic heterocycles. The molecule has 0 spiro atoms. The summed E-state index contributed by atoms with van der Waals surface area (Å²) in [6, 6.07) is 4.09. The van der Waals surface area contributed by atoms with E-state index in [-0.39, 0.29) is 11.5 Å². The van der Waals surface area contributed by atoms with Gasteiger partial charge in [0.25, 0.3) is 0 Å². The van der Waals surface area contributed by atoms with Gasteiger partial charge in [-0.3, -0.25) is 4.79 Å². The third-order valence-corrected chi connectivity index (χ3v) is 2.24. The summed E-state index contributed by atoms with van der Waals surface area (Å²) in [4.78, 5) is 21.5. The lowest BCUT2D eigenvalue weighted by atomic mass is 10.1. The van der Waals surface area contributed by atoms with Crippen molar-refractivity contribution in [3.63, 3.8) is 0 Å². The second kappa shape index (κ2) is 6.54. The second-order valence-electron chi connectivity index (χ2n) is 3.68. The number of hydrogen-bond acceptors (Lipinski definition) is 2. The molecule has 0 unspecified atom stereocenters. The van der Waals surface area contributed by atoms with Crippen LogP contribution in [0.3, 0.4) is 0 Å². The van der Waals surface area contributed by atoms with Crippen molar-refractivity contribution in [1.29, 1.82) is 0 Å². The zero-order valence-corrected chi connectivity index (χ0v) is 9.94. The Bertz CT molecular complexity index is 483. The molecular formula is C13H14FNO3. The molecule has 1 aromatic rings. The molecule has 18 heavy (non-hydrogen) atoms. The van der Waals surface area contributed by atoms with E-state index in [9.17, 15) is 14.0 Å². The Morgan fingerprint density at radius 3 is 2.78 bits per heavy atom. The van der Waals surface area contributed by atoms with Gasteiger partial charge in [0.2, 0.25) is 5.91 Å². The van der Waals surface area contributed by atoms with Crippen LogP contribution in [-0.2, 0) is 4.79 Å². The van der Waals surface area contributed by atoms with Crippen molar-refractivity contribution in [2.75, 3.05) is 6.54 Å². The number of benzene rings is 1. The maximum Gasteiger partial charge on any atom is 0.339 e. The highest BCUT2D eigenvalue weighted by Crippen LogP contribution is 2.15. The Morgan fingerprint density at radius 1 is 1.44 bits per heavy atom. The number of hydrogen-bond donors (Lipinski definition) is 2. The quantitative estimate of drug-likeness (QED) is 0.787. The summed E-state index contributed by atoms with van der Waals surface area (Å²) in [7, 11) is 0. The average Bonchev–Trinajstić information content (AvgIpc) is 2.27.